The van der Waals surface area contributed by atoms with E-state index in [1.165, 1.54) is 0 Å². The molecule has 1 aliphatic rings. The molecule has 0 amide bonds. The Labute approximate surface area is 146 Å². The van der Waals surface area contributed by atoms with Crippen molar-refractivity contribution in [2.75, 3.05) is 28.4 Å². The fraction of sp³-hybridized carbons (Fsp3) is 0.368. The summed E-state index contributed by atoms with van der Waals surface area (Å²) in [5.74, 6) is 2.35. The fourth-order valence-electron chi connectivity index (χ4n) is 3.09. The number of hydrogen-bond donors (Lipinski definition) is 1. The molecule has 0 saturated carbocycles. The molecule has 6 heteroatoms. The molecule has 1 heterocycles. The number of aliphatic hydroxyl groups excluding tert-OH is 1. The van der Waals surface area contributed by atoms with Crippen molar-refractivity contribution < 1.29 is 28.8 Å². The molecular formula is C19H22O6. The number of hydrogen-bond acceptors (Lipinski definition) is 6. The molecule has 0 fully saturated rings. The first-order valence-corrected chi connectivity index (χ1v) is 7.90. The van der Waals surface area contributed by atoms with Crippen LogP contribution in [0.3, 0.4) is 0 Å². The van der Waals surface area contributed by atoms with E-state index in [4.69, 9.17) is 23.7 Å². The van der Waals surface area contributed by atoms with Crippen LogP contribution in [0.2, 0.25) is 0 Å². The molecule has 3 rings (SSSR count). The highest BCUT2D eigenvalue weighted by atomic mass is 16.6. The van der Waals surface area contributed by atoms with Crippen LogP contribution in [-0.4, -0.2) is 39.6 Å². The Balaban J connectivity index is 2.05. The van der Waals surface area contributed by atoms with Crippen LogP contribution in [0.5, 0.6) is 23.0 Å². The standard InChI is InChI=1S/C19H22O6/c1-21-12-7-5-11(6-8-12)18-19(24-4)17(20)16-14(23-3)9-13(22-2)10-15(16)25-18/h5-10,17-20H,1-4H3. The number of benzene rings is 2. The van der Waals surface area contributed by atoms with E-state index in [0.717, 1.165) is 11.3 Å². The lowest BCUT2D eigenvalue weighted by Crippen LogP contribution is -2.36. The van der Waals surface area contributed by atoms with Gasteiger partial charge in [0.1, 0.15) is 35.2 Å². The number of fused-ring (bicyclic) bond motifs is 1. The molecule has 3 atom stereocenters. The SMILES string of the molecule is COc1ccc(C2Oc3cc(OC)cc(OC)c3C(O)C2OC)cc1. The van der Waals surface area contributed by atoms with Crippen molar-refractivity contribution in [2.24, 2.45) is 0 Å². The summed E-state index contributed by atoms with van der Waals surface area (Å²) < 4.78 is 27.6. The summed E-state index contributed by atoms with van der Waals surface area (Å²) in [5, 5.41) is 10.9. The molecule has 1 N–H and O–H groups in total. The highest BCUT2D eigenvalue weighted by Gasteiger charge is 2.41. The number of rotatable bonds is 5. The van der Waals surface area contributed by atoms with Gasteiger partial charge in [0.15, 0.2) is 6.10 Å². The number of aliphatic hydroxyl groups is 1. The van der Waals surface area contributed by atoms with E-state index in [0.29, 0.717) is 22.8 Å². The normalized spacial score (nSPS) is 21.9. The molecule has 25 heavy (non-hydrogen) atoms. The average Bonchev–Trinajstić information content (AvgIpc) is 2.66. The lowest BCUT2D eigenvalue weighted by molar-refractivity contribution is -0.0923. The van der Waals surface area contributed by atoms with Gasteiger partial charge in [-0.25, -0.2) is 0 Å². The molecule has 0 bridgehead atoms. The third-order valence-electron chi connectivity index (χ3n) is 4.41. The molecule has 2 aromatic carbocycles. The highest BCUT2D eigenvalue weighted by Crippen LogP contribution is 2.48. The van der Waals surface area contributed by atoms with Crippen molar-refractivity contribution in [1.29, 1.82) is 0 Å². The summed E-state index contributed by atoms with van der Waals surface area (Å²) in [5.41, 5.74) is 1.43. The Morgan fingerprint density at radius 2 is 1.56 bits per heavy atom. The fourth-order valence-corrected chi connectivity index (χ4v) is 3.09. The molecule has 0 saturated heterocycles. The van der Waals surface area contributed by atoms with Gasteiger partial charge >= 0.3 is 0 Å². The second-order valence-corrected chi connectivity index (χ2v) is 5.70. The second kappa shape index (κ2) is 7.21. The van der Waals surface area contributed by atoms with E-state index < -0.39 is 18.3 Å². The van der Waals surface area contributed by atoms with Gasteiger partial charge < -0.3 is 28.8 Å². The molecule has 134 valence electrons. The van der Waals surface area contributed by atoms with Crippen molar-refractivity contribution in [2.45, 2.75) is 18.3 Å². The first-order valence-electron chi connectivity index (χ1n) is 7.90. The lowest BCUT2D eigenvalue weighted by Gasteiger charge is -2.37. The lowest BCUT2D eigenvalue weighted by atomic mass is 9.91. The largest absolute Gasteiger partial charge is 0.497 e. The molecule has 2 aromatic rings. The van der Waals surface area contributed by atoms with Crippen molar-refractivity contribution in [3.8, 4) is 23.0 Å². The van der Waals surface area contributed by atoms with Gasteiger partial charge in [-0.05, 0) is 17.7 Å². The van der Waals surface area contributed by atoms with Crippen molar-refractivity contribution >= 4 is 0 Å². The number of methoxy groups -OCH3 is 4. The Morgan fingerprint density at radius 3 is 2.12 bits per heavy atom. The van der Waals surface area contributed by atoms with E-state index in [1.54, 1.807) is 40.6 Å². The van der Waals surface area contributed by atoms with Crippen LogP contribution < -0.4 is 18.9 Å². The smallest absolute Gasteiger partial charge is 0.153 e. The van der Waals surface area contributed by atoms with Crippen LogP contribution >= 0.6 is 0 Å². The zero-order valence-electron chi connectivity index (χ0n) is 14.7. The van der Waals surface area contributed by atoms with Crippen LogP contribution in [-0.2, 0) is 4.74 Å². The molecular weight excluding hydrogens is 324 g/mol. The average molecular weight is 346 g/mol. The highest BCUT2D eigenvalue weighted by molar-refractivity contribution is 5.54. The van der Waals surface area contributed by atoms with Gasteiger partial charge in [-0.3, -0.25) is 0 Å². The topological polar surface area (TPSA) is 66.4 Å². The second-order valence-electron chi connectivity index (χ2n) is 5.70. The molecule has 0 aliphatic carbocycles. The van der Waals surface area contributed by atoms with Crippen LogP contribution in [0, 0.1) is 0 Å². The first-order chi connectivity index (χ1) is 12.1. The quantitative estimate of drug-likeness (QED) is 0.898. The van der Waals surface area contributed by atoms with Gasteiger partial charge in [-0.1, -0.05) is 12.1 Å². The van der Waals surface area contributed by atoms with Gasteiger partial charge in [-0.15, -0.1) is 0 Å². The Morgan fingerprint density at radius 1 is 0.880 bits per heavy atom. The van der Waals surface area contributed by atoms with E-state index >= 15 is 0 Å². The first kappa shape index (κ1) is 17.4. The van der Waals surface area contributed by atoms with E-state index in [-0.39, 0.29) is 0 Å². The molecule has 3 unspecified atom stereocenters. The van der Waals surface area contributed by atoms with Gasteiger partial charge in [-0.2, -0.15) is 0 Å². The molecule has 0 spiro atoms. The Bertz CT molecular complexity index is 727. The zero-order valence-corrected chi connectivity index (χ0v) is 14.7. The minimum absolute atomic E-state index is 0.477. The summed E-state index contributed by atoms with van der Waals surface area (Å²) in [6.07, 6.45) is -1.96. The van der Waals surface area contributed by atoms with E-state index in [9.17, 15) is 5.11 Å². The summed E-state index contributed by atoms with van der Waals surface area (Å²) in [7, 11) is 6.27. The van der Waals surface area contributed by atoms with Crippen LogP contribution in [0.1, 0.15) is 23.3 Å². The van der Waals surface area contributed by atoms with Gasteiger partial charge in [0, 0.05) is 19.2 Å². The van der Waals surface area contributed by atoms with Crippen molar-refractivity contribution in [3.05, 3.63) is 47.5 Å². The minimum atomic E-state index is -0.901. The maximum absolute atomic E-state index is 10.9. The Hall–Kier alpha value is -2.44. The minimum Gasteiger partial charge on any atom is -0.497 e. The molecule has 0 aromatic heterocycles. The van der Waals surface area contributed by atoms with Crippen LogP contribution in [0.15, 0.2) is 36.4 Å². The molecule has 6 nitrogen and oxygen atoms in total. The van der Waals surface area contributed by atoms with E-state index in [2.05, 4.69) is 0 Å². The summed E-state index contributed by atoms with van der Waals surface area (Å²) in [4.78, 5) is 0. The van der Waals surface area contributed by atoms with Crippen LogP contribution in [0.25, 0.3) is 0 Å². The maximum atomic E-state index is 10.9. The summed E-state index contributed by atoms with van der Waals surface area (Å²) in [6.45, 7) is 0. The summed E-state index contributed by atoms with van der Waals surface area (Å²) >= 11 is 0. The third kappa shape index (κ3) is 3.10. The van der Waals surface area contributed by atoms with Gasteiger partial charge in [0.25, 0.3) is 0 Å². The van der Waals surface area contributed by atoms with Crippen LogP contribution in [0.4, 0.5) is 0 Å². The number of ether oxygens (including phenoxy) is 5. The van der Waals surface area contributed by atoms with E-state index in [1.807, 2.05) is 24.3 Å². The monoisotopic (exact) mass is 346 g/mol. The Kier molecular flexibility index (Phi) is 5.01. The maximum Gasteiger partial charge on any atom is 0.153 e. The van der Waals surface area contributed by atoms with Crippen molar-refractivity contribution in [1.82, 2.24) is 0 Å². The van der Waals surface area contributed by atoms with Crippen molar-refractivity contribution in [3.63, 3.8) is 0 Å². The van der Waals surface area contributed by atoms with Gasteiger partial charge in [0.2, 0.25) is 0 Å². The zero-order chi connectivity index (χ0) is 18.0. The summed E-state index contributed by atoms with van der Waals surface area (Å²) in [6, 6.07) is 10.9. The molecule has 0 radical (unpaired) electrons. The third-order valence-corrected chi connectivity index (χ3v) is 4.41. The van der Waals surface area contributed by atoms with Gasteiger partial charge in [0.05, 0.1) is 26.9 Å². The molecule has 1 aliphatic heterocycles. The predicted molar refractivity (Wildman–Crippen MR) is 91.7 cm³/mol. The predicted octanol–water partition coefficient (Wildman–Crippen LogP) is 2.89.